The van der Waals surface area contributed by atoms with Crippen molar-refractivity contribution in [3.05, 3.63) is 53.9 Å². The second-order valence-corrected chi connectivity index (χ2v) is 5.10. The molecule has 0 aliphatic carbocycles. The highest BCUT2D eigenvalue weighted by Crippen LogP contribution is 2.15. The molecule has 1 heterocycles. The fourth-order valence-electron chi connectivity index (χ4n) is 1.98. The molecule has 0 aliphatic heterocycles. The lowest BCUT2D eigenvalue weighted by Crippen LogP contribution is -2.09. The Kier molecular flexibility index (Phi) is 5.36. The average Bonchev–Trinajstić information content (AvgIpc) is 2.54. The normalized spacial score (nSPS) is 10.1. The highest BCUT2D eigenvalue weighted by molar-refractivity contribution is 5.90. The number of hydrogen-bond acceptors (Lipinski definition) is 5. The second-order valence-electron chi connectivity index (χ2n) is 5.10. The maximum Gasteiger partial charge on any atom is 0.339 e. The van der Waals surface area contributed by atoms with Crippen molar-refractivity contribution in [3.63, 3.8) is 0 Å². The van der Waals surface area contributed by atoms with Crippen molar-refractivity contribution in [1.82, 2.24) is 4.98 Å². The van der Waals surface area contributed by atoms with Crippen LogP contribution < -0.4 is 10.2 Å². The highest BCUT2D eigenvalue weighted by atomic mass is 16.5. The molecule has 0 aliphatic rings. The van der Waals surface area contributed by atoms with Gasteiger partial charge in [0.05, 0.1) is 17.9 Å². The van der Waals surface area contributed by atoms with E-state index in [1.165, 1.54) is 6.20 Å². The average molecular weight is 299 g/mol. The molecular formula is C17H21N3O2. The smallest absolute Gasteiger partial charge is 0.339 e. The Balaban J connectivity index is 1.99. The van der Waals surface area contributed by atoms with E-state index in [0.717, 1.165) is 16.9 Å². The number of carbonyl (C=O) groups excluding carboxylic acids is 1. The summed E-state index contributed by atoms with van der Waals surface area (Å²) in [4.78, 5) is 17.8. The minimum atomic E-state index is -0.353. The summed E-state index contributed by atoms with van der Waals surface area (Å²) < 4.78 is 4.97. The number of esters is 1. The topological polar surface area (TPSA) is 54.5 Å². The molecule has 5 heteroatoms. The lowest BCUT2D eigenvalue weighted by molar-refractivity contribution is 0.0526. The summed E-state index contributed by atoms with van der Waals surface area (Å²) in [6.07, 6.45) is 3.20. The molecule has 0 saturated carbocycles. The first-order valence-electron chi connectivity index (χ1n) is 7.22. The first kappa shape index (κ1) is 15.8. The molecule has 22 heavy (non-hydrogen) atoms. The van der Waals surface area contributed by atoms with Crippen molar-refractivity contribution >= 4 is 17.3 Å². The van der Waals surface area contributed by atoms with Gasteiger partial charge in [0.1, 0.15) is 0 Å². The molecule has 0 spiro atoms. The van der Waals surface area contributed by atoms with Crippen LogP contribution in [0.25, 0.3) is 0 Å². The van der Waals surface area contributed by atoms with E-state index in [4.69, 9.17) is 4.74 Å². The van der Waals surface area contributed by atoms with Crippen molar-refractivity contribution < 1.29 is 9.53 Å². The summed E-state index contributed by atoms with van der Waals surface area (Å²) in [5.74, 6) is -0.353. The molecule has 0 fully saturated rings. The van der Waals surface area contributed by atoms with E-state index in [2.05, 4.69) is 39.5 Å². The van der Waals surface area contributed by atoms with E-state index >= 15 is 0 Å². The zero-order valence-electron chi connectivity index (χ0n) is 13.2. The van der Waals surface area contributed by atoms with E-state index in [0.29, 0.717) is 18.7 Å². The van der Waals surface area contributed by atoms with Gasteiger partial charge in [-0.25, -0.2) is 4.79 Å². The minimum Gasteiger partial charge on any atom is -0.462 e. The first-order chi connectivity index (χ1) is 10.6. The van der Waals surface area contributed by atoms with Gasteiger partial charge in [-0.2, -0.15) is 0 Å². The number of pyridine rings is 1. The van der Waals surface area contributed by atoms with Crippen LogP contribution in [0.3, 0.4) is 0 Å². The van der Waals surface area contributed by atoms with Gasteiger partial charge in [0, 0.05) is 38.7 Å². The number of aromatic nitrogens is 1. The molecule has 0 radical (unpaired) electrons. The second kappa shape index (κ2) is 7.45. The zero-order chi connectivity index (χ0) is 15.9. The third-order valence-electron chi connectivity index (χ3n) is 3.20. The minimum absolute atomic E-state index is 0.353. The van der Waals surface area contributed by atoms with E-state index in [9.17, 15) is 4.79 Å². The lowest BCUT2D eigenvalue weighted by atomic mass is 10.2. The molecule has 2 aromatic rings. The predicted molar refractivity (Wildman–Crippen MR) is 88.3 cm³/mol. The summed E-state index contributed by atoms with van der Waals surface area (Å²) in [7, 11) is 4.03. The van der Waals surface area contributed by atoms with Crippen LogP contribution in [0.2, 0.25) is 0 Å². The highest BCUT2D eigenvalue weighted by Gasteiger charge is 2.07. The number of anilines is 2. The van der Waals surface area contributed by atoms with Gasteiger partial charge in [0.15, 0.2) is 0 Å². The summed E-state index contributed by atoms with van der Waals surface area (Å²) in [6, 6.07) is 10.0. The van der Waals surface area contributed by atoms with Gasteiger partial charge in [-0.15, -0.1) is 0 Å². The number of hydrogen-bond donors (Lipinski definition) is 1. The van der Waals surface area contributed by atoms with Gasteiger partial charge in [-0.05, 0) is 30.7 Å². The quantitative estimate of drug-likeness (QED) is 0.831. The number of rotatable bonds is 6. The summed E-state index contributed by atoms with van der Waals surface area (Å²) >= 11 is 0. The number of benzene rings is 1. The van der Waals surface area contributed by atoms with Crippen molar-refractivity contribution in [2.24, 2.45) is 0 Å². The van der Waals surface area contributed by atoms with Crippen LogP contribution in [0.4, 0.5) is 11.4 Å². The number of nitrogens with one attached hydrogen (secondary N) is 1. The lowest BCUT2D eigenvalue weighted by Gasteiger charge is -2.13. The molecule has 2 rings (SSSR count). The Morgan fingerprint density at radius 3 is 2.59 bits per heavy atom. The molecule has 0 amide bonds. The molecule has 1 aromatic carbocycles. The predicted octanol–water partition coefficient (Wildman–Crippen LogP) is 2.94. The Hall–Kier alpha value is -2.56. The molecule has 0 saturated heterocycles. The standard InChI is InChI=1S/C17H21N3O2/c1-4-22-17(21)14-9-15(12-18-11-14)19-10-13-5-7-16(8-6-13)20(2)3/h5-9,11-12,19H,4,10H2,1-3H3. The molecule has 5 nitrogen and oxygen atoms in total. The Labute approximate surface area is 130 Å². The van der Waals surface area contributed by atoms with Crippen molar-refractivity contribution in [3.8, 4) is 0 Å². The molecule has 116 valence electrons. The fourth-order valence-corrected chi connectivity index (χ4v) is 1.98. The first-order valence-corrected chi connectivity index (χ1v) is 7.22. The van der Waals surface area contributed by atoms with Crippen molar-refractivity contribution in [1.29, 1.82) is 0 Å². The van der Waals surface area contributed by atoms with Crippen LogP contribution in [0.15, 0.2) is 42.7 Å². The maximum atomic E-state index is 11.7. The molecule has 1 aromatic heterocycles. The van der Waals surface area contributed by atoms with Crippen LogP contribution in [-0.2, 0) is 11.3 Å². The van der Waals surface area contributed by atoms with Crippen LogP contribution in [0, 0.1) is 0 Å². The van der Waals surface area contributed by atoms with Crippen molar-refractivity contribution in [2.75, 3.05) is 30.9 Å². The molecule has 0 bridgehead atoms. The van der Waals surface area contributed by atoms with Gasteiger partial charge < -0.3 is 15.0 Å². The maximum absolute atomic E-state index is 11.7. The SMILES string of the molecule is CCOC(=O)c1cncc(NCc2ccc(N(C)C)cc2)c1. The number of nitrogens with zero attached hydrogens (tertiary/aromatic N) is 2. The monoisotopic (exact) mass is 299 g/mol. The Bertz CT molecular complexity index is 624. The molecular weight excluding hydrogens is 278 g/mol. The van der Waals surface area contributed by atoms with Gasteiger partial charge >= 0.3 is 5.97 Å². The van der Waals surface area contributed by atoms with Crippen LogP contribution in [0.1, 0.15) is 22.8 Å². The van der Waals surface area contributed by atoms with Gasteiger partial charge in [-0.1, -0.05) is 12.1 Å². The summed E-state index contributed by atoms with van der Waals surface area (Å²) in [6.45, 7) is 2.81. The van der Waals surface area contributed by atoms with Crippen LogP contribution in [0.5, 0.6) is 0 Å². The van der Waals surface area contributed by atoms with E-state index in [1.807, 2.05) is 14.1 Å². The van der Waals surface area contributed by atoms with Gasteiger partial charge in [0.25, 0.3) is 0 Å². The van der Waals surface area contributed by atoms with Gasteiger partial charge in [0.2, 0.25) is 0 Å². The fraction of sp³-hybridized carbons (Fsp3) is 0.294. The van der Waals surface area contributed by atoms with E-state index in [-0.39, 0.29) is 5.97 Å². The van der Waals surface area contributed by atoms with E-state index < -0.39 is 0 Å². The van der Waals surface area contributed by atoms with E-state index in [1.54, 1.807) is 19.2 Å². The third kappa shape index (κ3) is 4.22. The summed E-state index contributed by atoms with van der Waals surface area (Å²) in [5.41, 5.74) is 3.57. The third-order valence-corrected chi connectivity index (χ3v) is 3.20. The number of carbonyl (C=O) groups is 1. The van der Waals surface area contributed by atoms with Crippen LogP contribution in [-0.4, -0.2) is 31.7 Å². The molecule has 0 unspecified atom stereocenters. The van der Waals surface area contributed by atoms with Gasteiger partial charge in [-0.3, -0.25) is 4.98 Å². The molecule has 1 N–H and O–H groups in total. The zero-order valence-corrected chi connectivity index (χ0v) is 13.2. The Morgan fingerprint density at radius 1 is 1.23 bits per heavy atom. The largest absolute Gasteiger partial charge is 0.462 e. The van der Waals surface area contributed by atoms with Crippen LogP contribution >= 0.6 is 0 Å². The Morgan fingerprint density at radius 2 is 1.95 bits per heavy atom. The summed E-state index contributed by atoms with van der Waals surface area (Å²) in [5, 5.41) is 3.26. The van der Waals surface area contributed by atoms with Crippen molar-refractivity contribution in [2.45, 2.75) is 13.5 Å². The molecule has 0 atom stereocenters. The number of ether oxygens (including phenoxy) is 1.